The second-order valence-electron chi connectivity index (χ2n) is 4.40. The van der Waals surface area contributed by atoms with Crippen LogP contribution in [0.4, 0.5) is 5.69 Å². The number of amides is 1. The average molecular weight is 239 g/mol. The van der Waals surface area contributed by atoms with Gasteiger partial charge in [0, 0.05) is 12.1 Å². The minimum absolute atomic E-state index is 0.0581. The molecule has 0 fully saturated rings. The van der Waals surface area contributed by atoms with Crippen molar-refractivity contribution in [2.75, 3.05) is 5.32 Å². The molecule has 0 bridgehead atoms. The Hall–Kier alpha value is -2.09. The van der Waals surface area contributed by atoms with Crippen LogP contribution in [-0.2, 0) is 11.2 Å². The van der Waals surface area contributed by atoms with Gasteiger partial charge >= 0.3 is 0 Å². The highest BCUT2D eigenvalue weighted by atomic mass is 16.1. The zero-order chi connectivity index (χ0) is 12.8. The molecule has 92 valence electrons. The first-order valence-electron chi connectivity index (χ1n) is 6.14. The molecule has 0 radical (unpaired) electrons. The molecule has 0 aliphatic rings. The average Bonchev–Trinajstić information content (AvgIpc) is 2.38. The fraction of sp³-hybridized carbons (Fsp3) is 0.188. The Morgan fingerprint density at radius 2 is 1.83 bits per heavy atom. The summed E-state index contributed by atoms with van der Waals surface area (Å²) in [5, 5.41) is 2.89. The van der Waals surface area contributed by atoms with E-state index in [4.69, 9.17) is 0 Å². The molecular formula is C16H17NO. The molecule has 1 amide bonds. The van der Waals surface area contributed by atoms with Crippen LogP contribution in [0.15, 0.2) is 54.6 Å². The van der Waals surface area contributed by atoms with E-state index in [1.165, 1.54) is 11.1 Å². The van der Waals surface area contributed by atoms with Gasteiger partial charge < -0.3 is 5.32 Å². The van der Waals surface area contributed by atoms with E-state index in [2.05, 4.69) is 30.4 Å². The van der Waals surface area contributed by atoms with Crippen molar-refractivity contribution in [1.29, 1.82) is 0 Å². The van der Waals surface area contributed by atoms with Gasteiger partial charge in [-0.1, -0.05) is 48.0 Å². The van der Waals surface area contributed by atoms with Crippen LogP contribution in [0.1, 0.15) is 17.5 Å². The van der Waals surface area contributed by atoms with Crippen molar-refractivity contribution >= 4 is 11.6 Å². The first-order chi connectivity index (χ1) is 8.74. The third-order valence-electron chi connectivity index (χ3n) is 2.78. The zero-order valence-electron chi connectivity index (χ0n) is 10.5. The van der Waals surface area contributed by atoms with Crippen LogP contribution < -0.4 is 5.32 Å². The maximum Gasteiger partial charge on any atom is 0.224 e. The zero-order valence-corrected chi connectivity index (χ0v) is 10.5. The number of hydrogen-bond acceptors (Lipinski definition) is 1. The van der Waals surface area contributed by atoms with Gasteiger partial charge in [0.1, 0.15) is 0 Å². The summed E-state index contributed by atoms with van der Waals surface area (Å²) >= 11 is 0. The van der Waals surface area contributed by atoms with E-state index in [0.717, 1.165) is 12.1 Å². The molecule has 2 nitrogen and oxygen atoms in total. The minimum atomic E-state index is 0.0581. The Bertz CT molecular complexity index is 520. The highest BCUT2D eigenvalue weighted by molar-refractivity contribution is 5.90. The van der Waals surface area contributed by atoms with E-state index in [1.807, 2.05) is 36.4 Å². The summed E-state index contributed by atoms with van der Waals surface area (Å²) in [5.74, 6) is 0.0581. The molecule has 1 N–H and O–H groups in total. The lowest BCUT2D eigenvalue weighted by Crippen LogP contribution is -2.12. The minimum Gasteiger partial charge on any atom is -0.326 e. The van der Waals surface area contributed by atoms with E-state index in [1.54, 1.807) is 0 Å². The Balaban J connectivity index is 1.85. The Morgan fingerprint density at radius 3 is 2.56 bits per heavy atom. The van der Waals surface area contributed by atoms with E-state index in [9.17, 15) is 4.79 Å². The van der Waals surface area contributed by atoms with E-state index < -0.39 is 0 Å². The van der Waals surface area contributed by atoms with Crippen LogP contribution in [0, 0.1) is 6.92 Å². The summed E-state index contributed by atoms with van der Waals surface area (Å²) in [6.45, 7) is 2.06. The van der Waals surface area contributed by atoms with Crippen molar-refractivity contribution in [1.82, 2.24) is 0 Å². The molecule has 2 rings (SSSR count). The van der Waals surface area contributed by atoms with Gasteiger partial charge in [-0.2, -0.15) is 0 Å². The summed E-state index contributed by atoms with van der Waals surface area (Å²) in [6.07, 6.45) is 1.29. The van der Waals surface area contributed by atoms with Crippen LogP contribution in [0.5, 0.6) is 0 Å². The fourth-order valence-corrected chi connectivity index (χ4v) is 1.87. The quantitative estimate of drug-likeness (QED) is 0.868. The van der Waals surface area contributed by atoms with Crippen LogP contribution in [0.3, 0.4) is 0 Å². The summed E-state index contributed by atoms with van der Waals surface area (Å²) in [4.78, 5) is 11.8. The molecule has 0 heterocycles. The van der Waals surface area contributed by atoms with Crippen molar-refractivity contribution < 1.29 is 4.79 Å². The molecule has 0 aliphatic carbocycles. The van der Waals surface area contributed by atoms with Gasteiger partial charge in [-0.25, -0.2) is 0 Å². The fourth-order valence-electron chi connectivity index (χ4n) is 1.87. The van der Waals surface area contributed by atoms with Gasteiger partial charge in [0.2, 0.25) is 5.91 Å². The number of para-hydroxylation sites is 1. The lowest BCUT2D eigenvalue weighted by molar-refractivity contribution is -0.116. The molecule has 0 unspecified atom stereocenters. The number of aryl methyl sites for hydroxylation is 2. The van der Waals surface area contributed by atoms with Crippen molar-refractivity contribution in [3.63, 3.8) is 0 Å². The SMILES string of the molecule is Cc1cccc(CCC(=O)Nc2ccccc2)c1. The summed E-state index contributed by atoms with van der Waals surface area (Å²) in [7, 11) is 0. The lowest BCUT2D eigenvalue weighted by Gasteiger charge is -2.05. The molecule has 2 aromatic carbocycles. The molecule has 2 heteroatoms. The monoisotopic (exact) mass is 239 g/mol. The van der Waals surface area contributed by atoms with Crippen molar-refractivity contribution in [3.8, 4) is 0 Å². The van der Waals surface area contributed by atoms with Crippen LogP contribution in [0.2, 0.25) is 0 Å². The maximum atomic E-state index is 11.8. The van der Waals surface area contributed by atoms with E-state index in [0.29, 0.717) is 6.42 Å². The Labute approximate surface area is 108 Å². The summed E-state index contributed by atoms with van der Waals surface area (Å²) in [5.41, 5.74) is 3.29. The molecule has 0 saturated carbocycles. The predicted molar refractivity (Wildman–Crippen MR) is 74.6 cm³/mol. The molecule has 0 aliphatic heterocycles. The normalized spacial score (nSPS) is 10.1. The first-order valence-corrected chi connectivity index (χ1v) is 6.14. The standard InChI is InChI=1S/C16H17NO/c1-13-6-5-7-14(12-13)10-11-16(18)17-15-8-3-2-4-9-15/h2-9,12H,10-11H2,1H3,(H,17,18). The highest BCUT2D eigenvalue weighted by Gasteiger charge is 2.02. The largest absolute Gasteiger partial charge is 0.326 e. The van der Waals surface area contributed by atoms with Gasteiger partial charge in [-0.15, -0.1) is 0 Å². The maximum absolute atomic E-state index is 11.8. The summed E-state index contributed by atoms with van der Waals surface area (Å²) in [6, 6.07) is 17.8. The third kappa shape index (κ3) is 3.74. The number of rotatable bonds is 4. The van der Waals surface area contributed by atoms with Gasteiger partial charge in [0.25, 0.3) is 0 Å². The number of hydrogen-bond donors (Lipinski definition) is 1. The van der Waals surface area contributed by atoms with Gasteiger partial charge in [-0.05, 0) is 31.0 Å². The second-order valence-corrected chi connectivity index (χ2v) is 4.40. The van der Waals surface area contributed by atoms with E-state index >= 15 is 0 Å². The lowest BCUT2D eigenvalue weighted by atomic mass is 10.1. The molecule has 0 spiro atoms. The Morgan fingerprint density at radius 1 is 1.06 bits per heavy atom. The molecule has 0 aromatic heterocycles. The van der Waals surface area contributed by atoms with E-state index in [-0.39, 0.29) is 5.91 Å². The van der Waals surface area contributed by atoms with Crippen molar-refractivity contribution in [2.24, 2.45) is 0 Å². The predicted octanol–water partition coefficient (Wildman–Crippen LogP) is 3.57. The molecule has 0 atom stereocenters. The molecule has 18 heavy (non-hydrogen) atoms. The number of benzene rings is 2. The van der Waals surface area contributed by atoms with Gasteiger partial charge in [0.15, 0.2) is 0 Å². The first kappa shape index (κ1) is 12.4. The van der Waals surface area contributed by atoms with Gasteiger partial charge in [-0.3, -0.25) is 4.79 Å². The number of anilines is 1. The Kier molecular flexibility index (Phi) is 4.13. The van der Waals surface area contributed by atoms with Crippen molar-refractivity contribution in [3.05, 3.63) is 65.7 Å². The van der Waals surface area contributed by atoms with Crippen LogP contribution in [-0.4, -0.2) is 5.91 Å². The van der Waals surface area contributed by atoms with Gasteiger partial charge in [0.05, 0.1) is 0 Å². The topological polar surface area (TPSA) is 29.1 Å². The number of carbonyl (C=O) groups is 1. The molecule has 0 saturated heterocycles. The highest BCUT2D eigenvalue weighted by Crippen LogP contribution is 2.09. The number of nitrogens with one attached hydrogen (secondary N) is 1. The third-order valence-corrected chi connectivity index (χ3v) is 2.78. The summed E-state index contributed by atoms with van der Waals surface area (Å²) < 4.78 is 0. The molecular weight excluding hydrogens is 222 g/mol. The second kappa shape index (κ2) is 6.01. The van der Waals surface area contributed by atoms with Crippen LogP contribution in [0.25, 0.3) is 0 Å². The number of carbonyl (C=O) groups excluding carboxylic acids is 1. The smallest absolute Gasteiger partial charge is 0.224 e. The van der Waals surface area contributed by atoms with Crippen LogP contribution >= 0.6 is 0 Å². The molecule has 2 aromatic rings. The van der Waals surface area contributed by atoms with Crippen molar-refractivity contribution in [2.45, 2.75) is 19.8 Å².